The van der Waals surface area contributed by atoms with Gasteiger partial charge in [0.1, 0.15) is 30.0 Å². The summed E-state index contributed by atoms with van der Waals surface area (Å²) in [7, 11) is 0. The highest BCUT2D eigenvalue weighted by Gasteiger charge is 2.28. The monoisotopic (exact) mass is 413 g/mol. The van der Waals surface area contributed by atoms with Gasteiger partial charge in [-0.1, -0.05) is 12.1 Å². The van der Waals surface area contributed by atoms with Crippen LogP contribution in [-0.2, 0) is 25.5 Å². The van der Waals surface area contributed by atoms with Crippen LogP contribution >= 0.6 is 11.8 Å². The van der Waals surface area contributed by atoms with E-state index in [1.54, 1.807) is 23.9 Å². The van der Waals surface area contributed by atoms with E-state index in [4.69, 9.17) is 31.8 Å². The van der Waals surface area contributed by atoms with Crippen molar-refractivity contribution in [2.75, 3.05) is 12.0 Å². The standard InChI is InChI=1S/C18H27N3O6S/c1-10(26-17(24)13(19)7-8-28-2)15(21)18(25)27-12-5-3-11(4-6-12)9-14(20)16(22)23/h3-6,10,13-15H,7-9,19-21H2,1-2H3,(H,22,23)/t10-,13+,14+,15+/m1/s1. The number of hydrogen-bond donors (Lipinski definition) is 4. The summed E-state index contributed by atoms with van der Waals surface area (Å²) in [6.07, 6.45) is 1.60. The van der Waals surface area contributed by atoms with Gasteiger partial charge in [0.2, 0.25) is 0 Å². The molecule has 0 saturated heterocycles. The molecular weight excluding hydrogens is 386 g/mol. The van der Waals surface area contributed by atoms with Gasteiger partial charge < -0.3 is 31.8 Å². The van der Waals surface area contributed by atoms with Crippen LogP contribution in [0.15, 0.2) is 24.3 Å². The molecule has 0 aliphatic heterocycles. The molecule has 7 N–H and O–H groups in total. The van der Waals surface area contributed by atoms with E-state index in [1.165, 1.54) is 19.1 Å². The summed E-state index contributed by atoms with van der Waals surface area (Å²) in [4.78, 5) is 34.8. The molecule has 0 amide bonds. The average molecular weight is 413 g/mol. The van der Waals surface area contributed by atoms with Gasteiger partial charge in [-0.05, 0) is 49.5 Å². The Labute approximate surface area is 167 Å². The van der Waals surface area contributed by atoms with Gasteiger partial charge in [0.05, 0.1) is 0 Å². The molecule has 10 heteroatoms. The Bertz CT molecular complexity index is 670. The Kier molecular flexibility index (Phi) is 9.94. The molecule has 0 aliphatic rings. The summed E-state index contributed by atoms with van der Waals surface area (Å²) in [6.45, 7) is 1.49. The zero-order chi connectivity index (χ0) is 21.3. The summed E-state index contributed by atoms with van der Waals surface area (Å²) in [5.74, 6) is -1.55. The van der Waals surface area contributed by atoms with Crippen LogP contribution in [0.25, 0.3) is 0 Å². The summed E-state index contributed by atoms with van der Waals surface area (Å²) >= 11 is 1.56. The van der Waals surface area contributed by atoms with E-state index < -0.39 is 42.1 Å². The first-order valence-corrected chi connectivity index (χ1v) is 10.0. The van der Waals surface area contributed by atoms with Crippen molar-refractivity contribution in [1.82, 2.24) is 0 Å². The molecule has 0 unspecified atom stereocenters. The predicted molar refractivity (Wildman–Crippen MR) is 106 cm³/mol. The van der Waals surface area contributed by atoms with Crippen LogP contribution in [0.4, 0.5) is 0 Å². The molecule has 1 rings (SSSR count). The smallest absolute Gasteiger partial charge is 0.332 e. The molecule has 0 radical (unpaired) electrons. The number of thioether (sulfide) groups is 1. The van der Waals surface area contributed by atoms with Gasteiger partial charge in [0.15, 0.2) is 0 Å². The van der Waals surface area contributed by atoms with E-state index in [-0.39, 0.29) is 12.2 Å². The number of hydrogen-bond acceptors (Lipinski definition) is 9. The second kappa shape index (κ2) is 11.6. The molecule has 0 aliphatic carbocycles. The number of carboxylic acid groups (broad SMARTS) is 1. The molecule has 0 saturated carbocycles. The lowest BCUT2D eigenvalue weighted by Crippen LogP contribution is -2.47. The van der Waals surface area contributed by atoms with Crippen LogP contribution < -0.4 is 21.9 Å². The lowest BCUT2D eigenvalue weighted by Gasteiger charge is -2.21. The number of rotatable bonds is 11. The fraction of sp³-hybridized carbons (Fsp3) is 0.500. The Morgan fingerprint density at radius 1 is 1.07 bits per heavy atom. The first-order valence-electron chi connectivity index (χ1n) is 8.65. The van der Waals surface area contributed by atoms with Gasteiger partial charge in [-0.25, -0.2) is 4.79 Å². The number of aliphatic carboxylic acids is 1. The van der Waals surface area contributed by atoms with Crippen LogP contribution in [0.1, 0.15) is 18.9 Å². The largest absolute Gasteiger partial charge is 0.480 e. The second-order valence-corrected chi connectivity index (χ2v) is 7.26. The van der Waals surface area contributed by atoms with Crippen LogP contribution in [0, 0.1) is 0 Å². The third kappa shape index (κ3) is 7.85. The van der Waals surface area contributed by atoms with Crippen LogP contribution in [0.2, 0.25) is 0 Å². The van der Waals surface area contributed by atoms with E-state index in [0.29, 0.717) is 17.7 Å². The van der Waals surface area contributed by atoms with Gasteiger partial charge >= 0.3 is 17.9 Å². The zero-order valence-electron chi connectivity index (χ0n) is 15.9. The zero-order valence-corrected chi connectivity index (χ0v) is 16.7. The molecule has 0 fully saturated rings. The fourth-order valence-electron chi connectivity index (χ4n) is 2.12. The first kappa shape index (κ1) is 23.9. The Balaban J connectivity index is 2.56. The van der Waals surface area contributed by atoms with Gasteiger partial charge in [0, 0.05) is 0 Å². The number of esters is 2. The molecular formula is C18H27N3O6S. The van der Waals surface area contributed by atoms with E-state index >= 15 is 0 Å². The van der Waals surface area contributed by atoms with Gasteiger partial charge in [-0.3, -0.25) is 9.59 Å². The number of ether oxygens (including phenoxy) is 2. The van der Waals surface area contributed by atoms with Crippen LogP contribution in [-0.4, -0.2) is 59.3 Å². The highest BCUT2D eigenvalue weighted by Crippen LogP contribution is 2.15. The predicted octanol–water partition coefficient (Wildman–Crippen LogP) is -0.114. The summed E-state index contributed by atoms with van der Waals surface area (Å²) in [5.41, 5.74) is 17.7. The van der Waals surface area contributed by atoms with Crippen molar-refractivity contribution in [3.8, 4) is 5.75 Å². The van der Waals surface area contributed by atoms with E-state index in [2.05, 4.69) is 0 Å². The minimum absolute atomic E-state index is 0.146. The second-order valence-electron chi connectivity index (χ2n) is 6.27. The Morgan fingerprint density at radius 3 is 2.21 bits per heavy atom. The number of carbonyl (C=O) groups excluding carboxylic acids is 2. The van der Waals surface area contributed by atoms with Crippen LogP contribution in [0.3, 0.4) is 0 Å². The maximum atomic E-state index is 12.2. The van der Waals surface area contributed by atoms with Crippen molar-refractivity contribution in [2.24, 2.45) is 17.2 Å². The molecule has 4 atom stereocenters. The van der Waals surface area contributed by atoms with Crippen molar-refractivity contribution < 1.29 is 29.0 Å². The van der Waals surface area contributed by atoms with Gasteiger partial charge in [-0.15, -0.1) is 0 Å². The topological polar surface area (TPSA) is 168 Å². The number of carboxylic acids is 1. The lowest BCUT2D eigenvalue weighted by atomic mass is 10.1. The maximum Gasteiger partial charge on any atom is 0.332 e. The fourth-order valence-corrected chi connectivity index (χ4v) is 2.61. The molecule has 0 bridgehead atoms. The van der Waals surface area contributed by atoms with Crippen molar-refractivity contribution in [2.45, 2.75) is 44.0 Å². The van der Waals surface area contributed by atoms with E-state index in [0.717, 1.165) is 0 Å². The number of carbonyl (C=O) groups is 3. The Morgan fingerprint density at radius 2 is 1.68 bits per heavy atom. The Hall–Kier alpha value is -2.14. The molecule has 0 aromatic heterocycles. The van der Waals surface area contributed by atoms with Crippen molar-refractivity contribution >= 4 is 29.7 Å². The van der Waals surface area contributed by atoms with Gasteiger partial charge in [0.25, 0.3) is 0 Å². The molecule has 1 aromatic rings. The average Bonchev–Trinajstić information content (AvgIpc) is 2.66. The third-order valence-corrected chi connectivity index (χ3v) is 4.57. The number of benzene rings is 1. The summed E-state index contributed by atoms with van der Waals surface area (Å²) in [6, 6.07) is 3.24. The highest BCUT2D eigenvalue weighted by molar-refractivity contribution is 7.98. The molecule has 9 nitrogen and oxygen atoms in total. The first-order chi connectivity index (χ1) is 13.1. The minimum Gasteiger partial charge on any atom is -0.480 e. The van der Waals surface area contributed by atoms with Crippen molar-refractivity contribution in [3.63, 3.8) is 0 Å². The summed E-state index contributed by atoms with van der Waals surface area (Å²) in [5, 5.41) is 8.82. The molecule has 1 aromatic carbocycles. The van der Waals surface area contributed by atoms with Crippen LogP contribution in [0.5, 0.6) is 5.75 Å². The lowest BCUT2D eigenvalue weighted by molar-refractivity contribution is -0.154. The highest BCUT2D eigenvalue weighted by atomic mass is 32.2. The van der Waals surface area contributed by atoms with E-state index in [9.17, 15) is 14.4 Å². The normalized spacial score (nSPS) is 15.2. The van der Waals surface area contributed by atoms with Crippen molar-refractivity contribution in [1.29, 1.82) is 0 Å². The molecule has 0 spiro atoms. The number of nitrogens with two attached hydrogens (primary N) is 3. The maximum absolute atomic E-state index is 12.2. The minimum atomic E-state index is -1.18. The SMILES string of the molecule is CSCC[C@H](N)C(=O)O[C@H](C)[C@H](N)C(=O)Oc1ccc(C[C@H](N)C(=O)O)cc1. The summed E-state index contributed by atoms with van der Waals surface area (Å²) < 4.78 is 10.3. The molecule has 0 heterocycles. The quantitative estimate of drug-likeness (QED) is 0.283. The van der Waals surface area contributed by atoms with Crippen molar-refractivity contribution in [3.05, 3.63) is 29.8 Å². The van der Waals surface area contributed by atoms with Gasteiger partial charge in [-0.2, -0.15) is 11.8 Å². The molecule has 156 valence electrons. The molecule has 28 heavy (non-hydrogen) atoms. The van der Waals surface area contributed by atoms with E-state index in [1.807, 2.05) is 6.26 Å². The third-order valence-electron chi connectivity index (χ3n) is 3.93.